The van der Waals surface area contributed by atoms with Crippen LogP contribution in [0.1, 0.15) is 6.42 Å². The molecule has 0 N–H and O–H groups in total. The van der Waals surface area contributed by atoms with E-state index in [2.05, 4.69) is 11.7 Å². The predicted molar refractivity (Wildman–Crippen MR) is 30.2 cm³/mol. The van der Waals surface area contributed by atoms with Crippen molar-refractivity contribution in [3.8, 4) is 0 Å². The fraction of sp³-hybridized carbons (Fsp3) is 0.200. The third kappa shape index (κ3) is 0.621. The van der Waals surface area contributed by atoms with Gasteiger partial charge in [-0.3, -0.25) is 4.79 Å². The van der Waals surface area contributed by atoms with Gasteiger partial charge in [-0.05, 0) is 0 Å². The second-order valence-electron chi connectivity index (χ2n) is 1.42. The summed E-state index contributed by atoms with van der Waals surface area (Å²) in [5, 5.41) is 4.90. The van der Waals surface area contributed by atoms with Gasteiger partial charge in [0.2, 0.25) is 0 Å². The Bertz CT molecular complexity index is 151. The van der Waals surface area contributed by atoms with Gasteiger partial charge in [0.15, 0.2) is 0 Å². The molecule has 0 radical (unpaired) electrons. The zero-order chi connectivity index (χ0) is 5.98. The molecule has 0 aromatic rings. The fourth-order valence-corrected chi connectivity index (χ4v) is 0.514. The molecule has 3 nitrogen and oxygen atoms in total. The molecule has 0 atom stereocenters. The van der Waals surface area contributed by atoms with E-state index < -0.39 is 0 Å². The van der Waals surface area contributed by atoms with Crippen molar-refractivity contribution in [2.75, 3.05) is 0 Å². The zero-order valence-electron chi connectivity index (χ0n) is 4.37. The van der Waals surface area contributed by atoms with Crippen LogP contribution in [0.3, 0.4) is 0 Å². The lowest BCUT2D eigenvalue weighted by molar-refractivity contribution is -0.126. The van der Waals surface area contributed by atoms with Crippen LogP contribution in [-0.2, 0) is 4.79 Å². The average molecular weight is 110 g/mol. The summed E-state index contributed by atoms with van der Waals surface area (Å²) in [6.07, 6.45) is 3.36. The molecule has 1 aliphatic heterocycles. The third-order valence-electron chi connectivity index (χ3n) is 0.900. The van der Waals surface area contributed by atoms with Crippen molar-refractivity contribution in [1.82, 2.24) is 5.01 Å². The molecule has 42 valence electrons. The van der Waals surface area contributed by atoms with Crippen molar-refractivity contribution in [2.24, 2.45) is 5.10 Å². The number of hydrazone groups is 1. The van der Waals surface area contributed by atoms with Crippen molar-refractivity contribution in [1.29, 1.82) is 0 Å². The molecule has 8 heavy (non-hydrogen) atoms. The van der Waals surface area contributed by atoms with Crippen LogP contribution in [0, 0.1) is 0 Å². The smallest absolute Gasteiger partial charge is 0.252 e. The lowest BCUT2D eigenvalue weighted by Crippen LogP contribution is -2.12. The number of hydrogen-bond acceptors (Lipinski definition) is 2. The van der Waals surface area contributed by atoms with Gasteiger partial charge >= 0.3 is 0 Å². The van der Waals surface area contributed by atoms with E-state index in [0.717, 1.165) is 0 Å². The predicted octanol–water partition coefficient (Wildman–Crippen LogP) is 0.348. The molecular formula is C5H6N2O. The summed E-state index contributed by atoms with van der Waals surface area (Å²) in [4.78, 5) is 10.5. The maximum atomic E-state index is 10.5. The largest absolute Gasteiger partial charge is 0.272 e. The molecule has 0 bridgehead atoms. The Balaban J connectivity index is 2.66. The summed E-state index contributed by atoms with van der Waals surface area (Å²) in [5.41, 5.74) is 0. The summed E-state index contributed by atoms with van der Waals surface area (Å²) < 4.78 is 0. The summed E-state index contributed by atoms with van der Waals surface area (Å²) in [7, 11) is 0. The topological polar surface area (TPSA) is 32.7 Å². The molecule has 1 heterocycles. The molecule has 0 saturated heterocycles. The highest BCUT2D eigenvalue weighted by Crippen LogP contribution is 2.00. The highest BCUT2D eigenvalue weighted by atomic mass is 16.2. The standard InChI is InChI=1S/C5H6N2O/c1-2-7-5(8)3-4-6-7/h2,4H,1,3H2. The van der Waals surface area contributed by atoms with E-state index in [1.54, 1.807) is 6.21 Å². The first kappa shape index (κ1) is 5.03. The van der Waals surface area contributed by atoms with Crippen molar-refractivity contribution < 1.29 is 4.79 Å². The lowest BCUT2D eigenvalue weighted by atomic mass is 10.5. The Labute approximate surface area is 47.3 Å². The minimum atomic E-state index is -0.0139. The van der Waals surface area contributed by atoms with E-state index >= 15 is 0 Å². The van der Waals surface area contributed by atoms with Crippen LogP contribution in [0.5, 0.6) is 0 Å². The third-order valence-corrected chi connectivity index (χ3v) is 0.900. The van der Waals surface area contributed by atoms with Crippen molar-refractivity contribution in [3.63, 3.8) is 0 Å². The van der Waals surface area contributed by atoms with Crippen molar-refractivity contribution in [2.45, 2.75) is 6.42 Å². The average Bonchev–Trinajstić information content (AvgIpc) is 2.14. The van der Waals surface area contributed by atoms with Gasteiger partial charge in [-0.25, -0.2) is 5.01 Å². The maximum absolute atomic E-state index is 10.5. The first-order valence-electron chi connectivity index (χ1n) is 2.31. The number of nitrogens with zero attached hydrogens (tertiary/aromatic N) is 2. The number of hydrogen-bond donors (Lipinski definition) is 0. The van der Waals surface area contributed by atoms with Crippen LogP contribution in [-0.4, -0.2) is 17.1 Å². The molecule has 0 aromatic carbocycles. The van der Waals surface area contributed by atoms with Gasteiger partial charge in [0.25, 0.3) is 5.91 Å². The first-order valence-corrected chi connectivity index (χ1v) is 2.31. The van der Waals surface area contributed by atoms with Crippen LogP contribution < -0.4 is 0 Å². The number of carbonyl (C=O) groups excluding carboxylic acids is 1. The highest BCUT2D eigenvalue weighted by molar-refractivity contribution is 5.94. The minimum Gasteiger partial charge on any atom is -0.272 e. The molecule has 0 aromatic heterocycles. The first-order chi connectivity index (χ1) is 3.84. The van der Waals surface area contributed by atoms with Crippen LogP contribution >= 0.6 is 0 Å². The molecule has 3 heteroatoms. The van der Waals surface area contributed by atoms with Gasteiger partial charge in [-0.1, -0.05) is 6.58 Å². The molecule has 0 saturated carbocycles. The van der Waals surface area contributed by atoms with E-state index in [-0.39, 0.29) is 5.91 Å². The second kappa shape index (κ2) is 1.78. The summed E-state index contributed by atoms with van der Waals surface area (Å²) in [6.45, 7) is 3.38. The molecule has 1 rings (SSSR count). The van der Waals surface area contributed by atoms with Crippen LogP contribution in [0.15, 0.2) is 17.9 Å². The second-order valence-corrected chi connectivity index (χ2v) is 1.42. The monoisotopic (exact) mass is 110 g/mol. The quantitative estimate of drug-likeness (QED) is 0.479. The Hall–Kier alpha value is -1.12. The SMILES string of the molecule is C=CN1N=CCC1=O. The molecule has 0 aliphatic carbocycles. The molecule has 0 fully saturated rings. The Morgan fingerprint density at radius 2 is 2.75 bits per heavy atom. The summed E-state index contributed by atoms with van der Waals surface area (Å²) in [5.74, 6) is -0.0139. The lowest BCUT2D eigenvalue weighted by Gasteiger charge is -2.00. The normalized spacial score (nSPS) is 17.5. The van der Waals surface area contributed by atoms with E-state index in [0.29, 0.717) is 6.42 Å². The maximum Gasteiger partial charge on any atom is 0.252 e. The van der Waals surface area contributed by atoms with E-state index in [9.17, 15) is 4.79 Å². The molecule has 1 aliphatic rings. The summed E-state index contributed by atoms with van der Waals surface area (Å²) in [6, 6.07) is 0. The fourth-order valence-electron chi connectivity index (χ4n) is 0.514. The molecule has 0 spiro atoms. The van der Waals surface area contributed by atoms with Crippen molar-refractivity contribution >= 4 is 12.1 Å². The number of rotatable bonds is 1. The molecule has 0 unspecified atom stereocenters. The molecular weight excluding hydrogens is 104 g/mol. The van der Waals surface area contributed by atoms with Crippen LogP contribution in [0.2, 0.25) is 0 Å². The van der Waals surface area contributed by atoms with E-state index in [1.807, 2.05) is 0 Å². The Morgan fingerprint density at radius 1 is 2.00 bits per heavy atom. The van der Waals surface area contributed by atoms with Crippen molar-refractivity contribution in [3.05, 3.63) is 12.8 Å². The highest BCUT2D eigenvalue weighted by Gasteiger charge is 2.11. The van der Waals surface area contributed by atoms with E-state index in [4.69, 9.17) is 0 Å². The van der Waals surface area contributed by atoms with E-state index in [1.165, 1.54) is 11.2 Å². The van der Waals surface area contributed by atoms with Gasteiger partial charge in [-0.2, -0.15) is 5.10 Å². The van der Waals surface area contributed by atoms with Crippen LogP contribution in [0.25, 0.3) is 0 Å². The number of amides is 1. The molecule has 1 amide bonds. The van der Waals surface area contributed by atoms with Gasteiger partial charge < -0.3 is 0 Å². The Kier molecular flexibility index (Phi) is 1.12. The number of carbonyl (C=O) groups is 1. The van der Waals surface area contributed by atoms with Crippen LogP contribution in [0.4, 0.5) is 0 Å². The van der Waals surface area contributed by atoms with Gasteiger partial charge in [0.05, 0.1) is 6.42 Å². The van der Waals surface area contributed by atoms with Gasteiger partial charge in [0.1, 0.15) is 0 Å². The Morgan fingerprint density at radius 3 is 3.00 bits per heavy atom. The minimum absolute atomic E-state index is 0.0139. The summed E-state index contributed by atoms with van der Waals surface area (Å²) >= 11 is 0. The van der Waals surface area contributed by atoms with Gasteiger partial charge in [-0.15, -0.1) is 0 Å². The zero-order valence-corrected chi connectivity index (χ0v) is 4.37. The van der Waals surface area contributed by atoms with Gasteiger partial charge in [0, 0.05) is 12.4 Å².